The van der Waals surface area contributed by atoms with Gasteiger partial charge in [0.15, 0.2) is 0 Å². The van der Waals surface area contributed by atoms with Crippen LogP contribution in [0.4, 0.5) is 14.5 Å². The fourth-order valence-corrected chi connectivity index (χ4v) is 4.89. The van der Waals surface area contributed by atoms with Crippen LogP contribution >= 0.6 is 0 Å². The van der Waals surface area contributed by atoms with Crippen molar-refractivity contribution in [3.8, 4) is 0 Å². The summed E-state index contributed by atoms with van der Waals surface area (Å²) in [6, 6.07) is 6.98. The van der Waals surface area contributed by atoms with E-state index in [1.54, 1.807) is 10.7 Å². The first-order valence-electron chi connectivity index (χ1n) is 11.2. The molecule has 4 heterocycles. The second-order valence-corrected chi connectivity index (χ2v) is 8.80. The minimum absolute atomic E-state index is 0.165. The summed E-state index contributed by atoms with van der Waals surface area (Å²) < 4.78 is 35.3. The molecule has 9 heteroatoms. The maximum absolute atomic E-state index is 14.5. The summed E-state index contributed by atoms with van der Waals surface area (Å²) in [6.45, 7) is 1.49. The van der Waals surface area contributed by atoms with Crippen LogP contribution in [-0.2, 0) is 4.74 Å². The minimum Gasteiger partial charge on any atom is -0.394 e. The van der Waals surface area contributed by atoms with Gasteiger partial charge in [-0.05, 0) is 56.0 Å². The highest BCUT2D eigenvalue weighted by Gasteiger charge is 2.35. The van der Waals surface area contributed by atoms with E-state index >= 15 is 0 Å². The lowest BCUT2D eigenvalue weighted by Gasteiger charge is -2.36. The summed E-state index contributed by atoms with van der Waals surface area (Å²) in [5, 5.41) is 17.2. The summed E-state index contributed by atoms with van der Waals surface area (Å²) in [5.41, 5.74) is 1.43. The average molecular weight is 456 g/mol. The van der Waals surface area contributed by atoms with E-state index < -0.39 is 17.2 Å². The van der Waals surface area contributed by atoms with Crippen molar-refractivity contribution in [3.63, 3.8) is 0 Å². The van der Waals surface area contributed by atoms with Gasteiger partial charge in [0.2, 0.25) is 0 Å². The molecule has 33 heavy (non-hydrogen) atoms. The Kier molecular flexibility index (Phi) is 5.76. The molecule has 0 bridgehead atoms. The molecule has 1 amide bonds. The Hall–Kier alpha value is -3.04. The third-order valence-electron chi connectivity index (χ3n) is 6.78. The SMILES string of the molecule is O=C(NC1(CO)CCOCC1)c1cnn2ccc(N3CCCC3c3cc(F)ccc3F)cc12. The van der Waals surface area contributed by atoms with Crippen LogP contribution in [0.25, 0.3) is 5.52 Å². The van der Waals surface area contributed by atoms with Gasteiger partial charge < -0.3 is 20.1 Å². The number of carbonyl (C=O) groups excluding carboxylic acids is 1. The lowest BCUT2D eigenvalue weighted by molar-refractivity contribution is 0.0126. The summed E-state index contributed by atoms with van der Waals surface area (Å²) in [4.78, 5) is 15.2. The number of halogens is 2. The van der Waals surface area contributed by atoms with Crippen molar-refractivity contribution >= 4 is 17.1 Å². The number of rotatable bonds is 5. The van der Waals surface area contributed by atoms with Crippen LogP contribution in [0.2, 0.25) is 0 Å². The minimum atomic E-state index is -0.712. The van der Waals surface area contributed by atoms with Crippen molar-refractivity contribution in [1.82, 2.24) is 14.9 Å². The number of anilines is 1. The molecule has 0 aliphatic carbocycles. The molecule has 0 radical (unpaired) electrons. The summed E-state index contributed by atoms with van der Waals surface area (Å²) in [5.74, 6) is -1.20. The van der Waals surface area contributed by atoms with E-state index in [0.29, 0.717) is 55.7 Å². The summed E-state index contributed by atoms with van der Waals surface area (Å²) in [7, 11) is 0. The highest BCUT2D eigenvalue weighted by Crippen LogP contribution is 2.38. The number of carbonyl (C=O) groups is 1. The zero-order valence-corrected chi connectivity index (χ0v) is 18.1. The van der Waals surface area contributed by atoms with Crippen molar-refractivity contribution in [1.29, 1.82) is 0 Å². The molecule has 174 valence electrons. The zero-order valence-electron chi connectivity index (χ0n) is 18.1. The second kappa shape index (κ2) is 8.72. The van der Waals surface area contributed by atoms with E-state index in [9.17, 15) is 18.7 Å². The first-order valence-corrected chi connectivity index (χ1v) is 11.2. The maximum atomic E-state index is 14.5. The van der Waals surface area contributed by atoms with Gasteiger partial charge in [0, 0.05) is 37.2 Å². The average Bonchev–Trinajstić information content (AvgIpc) is 3.48. The number of nitrogens with one attached hydrogen (secondary N) is 1. The predicted octanol–water partition coefficient (Wildman–Crippen LogP) is 3.23. The van der Waals surface area contributed by atoms with Crippen LogP contribution in [0, 0.1) is 11.6 Å². The molecule has 2 aromatic heterocycles. The van der Waals surface area contributed by atoms with Gasteiger partial charge in [-0.3, -0.25) is 4.79 Å². The van der Waals surface area contributed by atoms with Crippen LogP contribution in [0.1, 0.15) is 47.6 Å². The number of benzene rings is 1. The highest BCUT2D eigenvalue weighted by atomic mass is 19.1. The number of aliphatic hydroxyl groups excluding tert-OH is 1. The normalized spacial score (nSPS) is 20.3. The fraction of sp³-hybridized carbons (Fsp3) is 0.417. The molecular formula is C24H26F2N4O3. The van der Waals surface area contributed by atoms with E-state index in [1.807, 2.05) is 17.0 Å². The number of hydrogen-bond donors (Lipinski definition) is 2. The lowest BCUT2D eigenvalue weighted by Crippen LogP contribution is -2.54. The smallest absolute Gasteiger partial charge is 0.255 e. The first kappa shape index (κ1) is 21.8. The number of amides is 1. The van der Waals surface area contributed by atoms with E-state index in [0.717, 1.165) is 24.2 Å². The lowest BCUT2D eigenvalue weighted by atomic mass is 9.90. The van der Waals surface area contributed by atoms with E-state index in [1.165, 1.54) is 12.3 Å². The van der Waals surface area contributed by atoms with Crippen LogP contribution in [0.5, 0.6) is 0 Å². The molecule has 1 atom stereocenters. The van der Waals surface area contributed by atoms with Crippen molar-refractivity contribution in [2.24, 2.45) is 0 Å². The zero-order chi connectivity index (χ0) is 23.0. The molecule has 0 spiro atoms. The van der Waals surface area contributed by atoms with Gasteiger partial charge in [0.05, 0.1) is 35.5 Å². The molecule has 2 N–H and O–H groups in total. The Morgan fingerprint density at radius 1 is 1.24 bits per heavy atom. The number of aliphatic hydroxyl groups is 1. The van der Waals surface area contributed by atoms with Gasteiger partial charge in [0.25, 0.3) is 5.91 Å². The van der Waals surface area contributed by atoms with Gasteiger partial charge in [-0.15, -0.1) is 0 Å². The quantitative estimate of drug-likeness (QED) is 0.617. The molecule has 2 saturated heterocycles. The monoisotopic (exact) mass is 456 g/mol. The Balaban J connectivity index is 1.45. The topological polar surface area (TPSA) is 79.1 Å². The van der Waals surface area contributed by atoms with E-state index in [4.69, 9.17) is 4.74 Å². The Bertz CT molecular complexity index is 1180. The van der Waals surface area contributed by atoms with Crippen LogP contribution in [-0.4, -0.2) is 52.5 Å². The Labute approximate surface area is 190 Å². The van der Waals surface area contributed by atoms with E-state index in [2.05, 4.69) is 10.4 Å². The second-order valence-electron chi connectivity index (χ2n) is 8.80. The van der Waals surface area contributed by atoms with Crippen LogP contribution in [0.15, 0.2) is 42.7 Å². The largest absolute Gasteiger partial charge is 0.394 e. The number of pyridine rings is 1. The third kappa shape index (κ3) is 4.06. The standard InChI is InChI=1S/C24H26F2N4O3/c25-16-3-4-20(26)18(12-16)21-2-1-8-29(21)17-5-9-30-22(13-17)19(14-27-30)23(32)28-24(15-31)6-10-33-11-7-24/h3-5,9,12-14,21,31H,1-2,6-8,10-11,15H2,(H,28,32). The molecule has 2 fully saturated rings. The summed E-state index contributed by atoms with van der Waals surface area (Å²) >= 11 is 0. The molecule has 1 unspecified atom stereocenters. The number of aromatic nitrogens is 2. The molecule has 2 aliphatic heterocycles. The first-order chi connectivity index (χ1) is 16.0. The number of nitrogens with zero attached hydrogens (tertiary/aromatic N) is 3. The van der Waals surface area contributed by atoms with Gasteiger partial charge in [0.1, 0.15) is 11.6 Å². The highest BCUT2D eigenvalue weighted by molar-refractivity contribution is 6.01. The van der Waals surface area contributed by atoms with Crippen molar-refractivity contribution in [2.45, 2.75) is 37.3 Å². The number of hydrogen-bond acceptors (Lipinski definition) is 5. The molecule has 5 rings (SSSR count). The molecule has 1 aromatic carbocycles. The van der Waals surface area contributed by atoms with Crippen molar-refractivity contribution < 1.29 is 23.4 Å². The predicted molar refractivity (Wildman–Crippen MR) is 118 cm³/mol. The van der Waals surface area contributed by atoms with Gasteiger partial charge in [-0.1, -0.05) is 0 Å². The van der Waals surface area contributed by atoms with Gasteiger partial charge in [-0.2, -0.15) is 5.10 Å². The number of ether oxygens (including phenoxy) is 1. The Morgan fingerprint density at radius 2 is 2.06 bits per heavy atom. The molecular weight excluding hydrogens is 430 g/mol. The molecule has 7 nitrogen and oxygen atoms in total. The Morgan fingerprint density at radius 3 is 2.85 bits per heavy atom. The van der Waals surface area contributed by atoms with Crippen molar-refractivity contribution in [2.75, 3.05) is 31.3 Å². The van der Waals surface area contributed by atoms with E-state index in [-0.39, 0.29) is 18.6 Å². The van der Waals surface area contributed by atoms with Crippen LogP contribution in [0.3, 0.4) is 0 Å². The molecule has 3 aromatic rings. The fourth-order valence-electron chi connectivity index (χ4n) is 4.89. The summed E-state index contributed by atoms with van der Waals surface area (Å²) in [6.07, 6.45) is 5.89. The number of fused-ring (bicyclic) bond motifs is 1. The van der Waals surface area contributed by atoms with Crippen LogP contribution < -0.4 is 10.2 Å². The third-order valence-corrected chi connectivity index (χ3v) is 6.78. The van der Waals surface area contributed by atoms with Gasteiger partial charge in [-0.25, -0.2) is 13.3 Å². The van der Waals surface area contributed by atoms with Gasteiger partial charge >= 0.3 is 0 Å². The molecule has 2 aliphatic rings. The maximum Gasteiger partial charge on any atom is 0.255 e. The molecule has 0 saturated carbocycles. The van der Waals surface area contributed by atoms with Crippen molar-refractivity contribution in [3.05, 3.63) is 65.5 Å².